The number of hydrogen-bond donors (Lipinski definition) is 4. The highest BCUT2D eigenvalue weighted by molar-refractivity contribution is 5.87. The molecule has 1 aromatic heterocycles. The quantitative estimate of drug-likeness (QED) is 0.504. The monoisotopic (exact) mass is 406 g/mol. The molecular weight excluding hydrogens is 376 g/mol. The average Bonchev–Trinajstić information content (AvgIpc) is 3.07. The minimum atomic E-state index is -0.753. The third-order valence-corrected chi connectivity index (χ3v) is 6.43. The van der Waals surface area contributed by atoms with E-state index in [-0.39, 0.29) is 16.8 Å². The molecule has 0 saturated carbocycles. The van der Waals surface area contributed by atoms with Crippen molar-refractivity contribution in [1.82, 2.24) is 10.3 Å². The number of benzene rings is 2. The standard InChI is InChI=1S/C25H30N2O3/c1-4-15-10-17-12-25(3,13-18(17)11-16(15)5-2)26-14-22(29)19-6-8-21(28)24-20(19)7-9-23(30)27-24/h6-11,22,26,28-29H,4-5,12-14H2,1-3H3,(H,27,30)/t22-/m0/s1. The molecule has 30 heavy (non-hydrogen) atoms. The van der Waals surface area contributed by atoms with Gasteiger partial charge >= 0.3 is 0 Å². The fourth-order valence-corrected chi connectivity index (χ4v) is 4.81. The van der Waals surface area contributed by atoms with Gasteiger partial charge in [0.2, 0.25) is 5.56 Å². The zero-order chi connectivity index (χ0) is 21.5. The second-order valence-corrected chi connectivity index (χ2v) is 8.69. The van der Waals surface area contributed by atoms with Crippen LogP contribution in [0.4, 0.5) is 0 Å². The molecule has 0 radical (unpaired) electrons. The van der Waals surface area contributed by atoms with E-state index in [1.54, 1.807) is 12.1 Å². The second-order valence-electron chi connectivity index (χ2n) is 8.69. The van der Waals surface area contributed by atoms with E-state index >= 15 is 0 Å². The number of aryl methyl sites for hydroxylation is 2. The summed E-state index contributed by atoms with van der Waals surface area (Å²) < 4.78 is 0. The van der Waals surface area contributed by atoms with E-state index in [0.29, 0.717) is 23.0 Å². The first kappa shape index (κ1) is 20.6. The van der Waals surface area contributed by atoms with Crippen molar-refractivity contribution < 1.29 is 10.2 Å². The molecule has 0 saturated heterocycles. The Morgan fingerprint density at radius 2 is 1.70 bits per heavy atom. The normalized spacial score (nSPS) is 16.0. The minimum absolute atomic E-state index is 0.00303. The van der Waals surface area contributed by atoms with Crippen LogP contribution in [0.2, 0.25) is 0 Å². The minimum Gasteiger partial charge on any atom is -0.506 e. The topological polar surface area (TPSA) is 85.3 Å². The number of phenols is 1. The van der Waals surface area contributed by atoms with Crippen molar-refractivity contribution in [1.29, 1.82) is 0 Å². The highest BCUT2D eigenvalue weighted by atomic mass is 16.3. The molecular formula is C25H30N2O3. The van der Waals surface area contributed by atoms with Gasteiger partial charge in [-0.15, -0.1) is 0 Å². The van der Waals surface area contributed by atoms with Crippen LogP contribution in [0.3, 0.4) is 0 Å². The predicted octanol–water partition coefficient (Wildman–Crippen LogP) is 3.54. The molecule has 0 bridgehead atoms. The lowest BCUT2D eigenvalue weighted by Gasteiger charge is -2.27. The Morgan fingerprint density at radius 3 is 2.30 bits per heavy atom. The summed E-state index contributed by atoms with van der Waals surface area (Å²) in [6.07, 6.45) is 3.23. The van der Waals surface area contributed by atoms with E-state index in [1.165, 1.54) is 34.4 Å². The maximum absolute atomic E-state index is 11.6. The molecule has 0 fully saturated rings. The van der Waals surface area contributed by atoms with E-state index < -0.39 is 6.10 Å². The molecule has 0 spiro atoms. The van der Waals surface area contributed by atoms with Gasteiger partial charge in [0.05, 0.1) is 11.6 Å². The number of hydrogen-bond acceptors (Lipinski definition) is 4. The van der Waals surface area contributed by atoms with Gasteiger partial charge in [-0.25, -0.2) is 0 Å². The summed E-state index contributed by atoms with van der Waals surface area (Å²) >= 11 is 0. The first-order chi connectivity index (χ1) is 14.3. The number of nitrogens with one attached hydrogen (secondary N) is 2. The number of aromatic amines is 1. The van der Waals surface area contributed by atoms with Crippen LogP contribution in [0, 0.1) is 0 Å². The Morgan fingerprint density at radius 1 is 1.07 bits per heavy atom. The number of aromatic hydroxyl groups is 1. The van der Waals surface area contributed by atoms with Crippen molar-refractivity contribution >= 4 is 10.9 Å². The molecule has 5 nitrogen and oxygen atoms in total. The fourth-order valence-electron chi connectivity index (χ4n) is 4.81. The molecule has 158 valence electrons. The van der Waals surface area contributed by atoms with Gasteiger partial charge in [-0.05, 0) is 72.6 Å². The van der Waals surface area contributed by atoms with Gasteiger partial charge in [0.25, 0.3) is 0 Å². The van der Waals surface area contributed by atoms with Gasteiger partial charge in [0, 0.05) is 23.5 Å². The van der Waals surface area contributed by atoms with Crippen molar-refractivity contribution in [3.8, 4) is 5.75 Å². The number of H-pyrrole nitrogens is 1. The van der Waals surface area contributed by atoms with Crippen molar-refractivity contribution in [2.45, 2.75) is 58.1 Å². The van der Waals surface area contributed by atoms with Crippen molar-refractivity contribution in [3.63, 3.8) is 0 Å². The lowest BCUT2D eigenvalue weighted by atomic mass is 9.97. The van der Waals surface area contributed by atoms with Crippen LogP contribution in [-0.2, 0) is 25.7 Å². The van der Waals surface area contributed by atoms with Crippen LogP contribution in [0.1, 0.15) is 54.7 Å². The number of β-amino-alcohol motifs (C(OH)–C–C–N with tert-alkyl or cyclic N) is 1. The molecule has 3 aromatic rings. The summed E-state index contributed by atoms with van der Waals surface area (Å²) in [5.41, 5.74) is 6.33. The van der Waals surface area contributed by atoms with Crippen LogP contribution >= 0.6 is 0 Å². The van der Waals surface area contributed by atoms with Crippen molar-refractivity contribution in [2.75, 3.05) is 6.54 Å². The summed E-state index contributed by atoms with van der Waals surface area (Å²) in [6, 6.07) is 11.0. The fraction of sp³-hybridized carbons (Fsp3) is 0.400. The van der Waals surface area contributed by atoms with E-state index in [1.807, 2.05) is 0 Å². The Bertz CT molecular complexity index is 1120. The van der Waals surface area contributed by atoms with Crippen molar-refractivity contribution in [2.24, 2.45) is 0 Å². The molecule has 0 amide bonds. The Hall–Kier alpha value is -2.63. The van der Waals surface area contributed by atoms with Gasteiger partial charge < -0.3 is 20.5 Å². The third-order valence-electron chi connectivity index (χ3n) is 6.43. The van der Waals surface area contributed by atoms with Crippen LogP contribution < -0.4 is 10.9 Å². The number of phenolic OH excluding ortho intramolecular Hbond substituents is 1. The molecule has 1 atom stereocenters. The zero-order valence-corrected chi connectivity index (χ0v) is 17.9. The molecule has 4 N–H and O–H groups in total. The first-order valence-electron chi connectivity index (χ1n) is 10.7. The van der Waals surface area contributed by atoms with Crippen molar-refractivity contribution in [3.05, 3.63) is 74.6 Å². The van der Waals surface area contributed by atoms with Crippen LogP contribution in [0.25, 0.3) is 10.9 Å². The Kier molecular flexibility index (Phi) is 5.43. The Balaban J connectivity index is 1.53. The molecule has 5 heteroatoms. The summed E-state index contributed by atoms with van der Waals surface area (Å²) in [4.78, 5) is 14.3. The van der Waals surface area contributed by atoms with E-state index in [9.17, 15) is 15.0 Å². The number of aliphatic hydroxyl groups is 1. The molecule has 2 aromatic carbocycles. The summed E-state index contributed by atoms with van der Waals surface area (Å²) in [5, 5.41) is 25.2. The van der Waals surface area contributed by atoms with Gasteiger partial charge in [-0.2, -0.15) is 0 Å². The highest BCUT2D eigenvalue weighted by Gasteiger charge is 2.33. The van der Waals surface area contributed by atoms with E-state index in [2.05, 4.69) is 43.2 Å². The number of aromatic nitrogens is 1. The average molecular weight is 407 g/mol. The van der Waals surface area contributed by atoms with Gasteiger partial charge in [-0.1, -0.05) is 32.0 Å². The molecule has 4 rings (SSSR count). The lowest BCUT2D eigenvalue weighted by Crippen LogP contribution is -2.45. The van der Waals surface area contributed by atoms with E-state index in [0.717, 1.165) is 25.7 Å². The maximum atomic E-state index is 11.6. The van der Waals surface area contributed by atoms with Crippen LogP contribution in [-0.4, -0.2) is 27.3 Å². The second kappa shape index (κ2) is 7.89. The van der Waals surface area contributed by atoms with E-state index in [4.69, 9.17) is 0 Å². The molecule has 1 heterocycles. The lowest BCUT2D eigenvalue weighted by molar-refractivity contribution is 0.161. The zero-order valence-electron chi connectivity index (χ0n) is 17.9. The van der Waals surface area contributed by atoms with Gasteiger partial charge in [0.15, 0.2) is 0 Å². The summed E-state index contributed by atoms with van der Waals surface area (Å²) in [6.45, 7) is 7.02. The molecule has 1 aliphatic rings. The molecule has 0 unspecified atom stereocenters. The smallest absolute Gasteiger partial charge is 0.248 e. The largest absolute Gasteiger partial charge is 0.506 e. The van der Waals surface area contributed by atoms with Crippen LogP contribution in [0.5, 0.6) is 5.75 Å². The maximum Gasteiger partial charge on any atom is 0.248 e. The number of rotatable bonds is 6. The number of fused-ring (bicyclic) bond motifs is 2. The van der Waals surface area contributed by atoms with Crippen LogP contribution in [0.15, 0.2) is 41.2 Å². The third kappa shape index (κ3) is 3.75. The molecule has 0 aliphatic heterocycles. The number of pyridine rings is 1. The Labute approximate surface area is 176 Å². The first-order valence-corrected chi connectivity index (χ1v) is 10.7. The number of aliphatic hydroxyl groups excluding tert-OH is 1. The highest BCUT2D eigenvalue weighted by Crippen LogP contribution is 2.34. The van der Waals surface area contributed by atoms with Gasteiger partial charge in [-0.3, -0.25) is 4.79 Å². The summed E-state index contributed by atoms with van der Waals surface area (Å²) in [7, 11) is 0. The van der Waals surface area contributed by atoms with Gasteiger partial charge in [0.1, 0.15) is 5.75 Å². The molecule has 1 aliphatic carbocycles. The predicted molar refractivity (Wildman–Crippen MR) is 120 cm³/mol. The SMILES string of the molecule is CCc1cc2c(cc1CC)CC(C)(NC[C@H](O)c1ccc(O)c3[nH]c(=O)ccc13)C2. The summed E-state index contributed by atoms with van der Waals surface area (Å²) in [5.74, 6) is 0.00303.